The molecule has 0 aromatic heterocycles. The highest BCUT2D eigenvalue weighted by Crippen LogP contribution is 2.38. The van der Waals surface area contributed by atoms with E-state index in [1.165, 1.54) is 24.3 Å². The maximum atomic E-state index is 13.1. The van der Waals surface area contributed by atoms with Crippen LogP contribution in [0, 0.1) is 11.7 Å². The molecule has 0 spiro atoms. The highest BCUT2D eigenvalue weighted by molar-refractivity contribution is 5.94. The number of ether oxygens (including phenoxy) is 1. The quantitative estimate of drug-likeness (QED) is 0.539. The number of benzene rings is 3. The summed E-state index contributed by atoms with van der Waals surface area (Å²) in [6, 6.07) is 21.2. The molecule has 2 atom stereocenters. The number of anilines is 1. The van der Waals surface area contributed by atoms with Gasteiger partial charge in [0.1, 0.15) is 11.6 Å². The predicted molar refractivity (Wildman–Crippen MR) is 130 cm³/mol. The fourth-order valence-corrected chi connectivity index (χ4v) is 4.27. The first-order chi connectivity index (χ1) is 16.3. The Hall–Kier alpha value is -3.67. The summed E-state index contributed by atoms with van der Waals surface area (Å²) in [4.78, 5) is 27.6. The van der Waals surface area contributed by atoms with Gasteiger partial charge in [-0.25, -0.2) is 4.39 Å². The van der Waals surface area contributed by atoms with Crippen LogP contribution in [0.5, 0.6) is 5.75 Å². The largest absolute Gasteiger partial charge is 0.481 e. The van der Waals surface area contributed by atoms with Crippen molar-refractivity contribution in [3.8, 4) is 5.75 Å². The van der Waals surface area contributed by atoms with Gasteiger partial charge in [-0.15, -0.1) is 0 Å². The van der Waals surface area contributed by atoms with E-state index in [9.17, 15) is 14.0 Å². The van der Waals surface area contributed by atoms with Gasteiger partial charge < -0.3 is 15.0 Å². The first-order valence-corrected chi connectivity index (χ1v) is 11.5. The molecule has 0 saturated heterocycles. The van der Waals surface area contributed by atoms with Crippen LogP contribution in [0.25, 0.3) is 0 Å². The third-order valence-corrected chi connectivity index (χ3v) is 6.03. The van der Waals surface area contributed by atoms with Crippen molar-refractivity contribution in [3.05, 3.63) is 95.3 Å². The first kappa shape index (κ1) is 23.5. The second-order valence-corrected chi connectivity index (χ2v) is 8.87. The standard InChI is InChI=1S/C28H29FN2O3/c1-18(2)28(33)31-16-15-20-9-14-24(17-25(20)26(31)21-7-5-4-6-8-21)34-19(3)27(32)30-23-12-10-22(29)11-13-23/h4-14,17-19,26H,15-16H2,1-3H3,(H,30,32)/t19-,26+/m0/s1. The highest BCUT2D eigenvalue weighted by atomic mass is 19.1. The van der Waals surface area contributed by atoms with Gasteiger partial charge in [0.15, 0.2) is 6.10 Å². The number of nitrogens with zero attached hydrogens (tertiary/aromatic N) is 1. The summed E-state index contributed by atoms with van der Waals surface area (Å²) in [5, 5.41) is 2.74. The number of hydrogen-bond donors (Lipinski definition) is 1. The summed E-state index contributed by atoms with van der Waals surface area (Å²) in [6.07, 6.45) is -0.00635. The van der Waals surface area contributed by atoms with E-state index >= 15 is 0 Å². The molecule has 0 bridgehead atoms. The summed E-state index contributed by atoms with van der Waals surface area (Å²) in [5.41, 5.74) is 3.71. The molecule has 2 amide bonds. The monoisotopic (exact) mass is 460 g/mol. The van der Waals surface area contributed by atoms with E-state index in [0.717, 1.165) is 23.1 Å². The van der Waals surface area contributed by atoms with E-state index < -0.39 is 6.10 Å². The molecule has 3 aromatic carbocycles. The molecule has 0 unspecified atom stereocenters. The maximum absolute atomic E-state index is 13.1. The Labute approximate surface area is 199 Å². The Kier molecular flexibility index (Phi) is 6.96. The van der Waals surface area contributed by atoms with Crippen molar-refractivity contribution in [2.24, 2.45) is 5.92 Å². The summed E-state index contributed by atoms with van der Waals surface area (Å²) in [6.45, 7) is 6.16. The van der Waals surface area contributed by atoms with Gasteiger partial charge in [0.05, 0.1) is 6.04 Å². The fraction of sp³-hybridized carbons (Fsp3) is 0.286. The summed E-state index contributed by atoms with van der Waals surface area (Å²) in [7, 11) is 0. The van der Waals surface area contributed by atoms with Gasteiger partial charge in [-0.3, -0.25) is 9.59 Å². The molecular formula is C28H29FN2O3. The number of amides is 2. The van der Waals surface area contributed by atoms with Crippen LogP contribution in [0.2, 0.25) is 0 Å². The van der Waals surface area contributed by atoms with E-state index in [1.54, 1.807) is 6.92 Å². The minimum absolute atomic E-state index is 0.109. The van der Waals surface area contributed by atoms with Crippen molar-refractivity contribution < 1.29 is 18.7 Å². The molecular weight excluding hydrogens is 431 g/mol. The second kappa shape index (κ2) is 10.1. The van der Waals surface area contributed by atoms with Crippen LogP contribution >= 0.6 is 0 Å². The number of carbonyl (C=O) groups is 2. The third-order valence-electron chi connectivity index (χ3n) is 6.03. The van der Waals surface area contributed by atoms with Crippen molar-refractivity contribution in [2.75, 3.05) is 11.9 Å². The van der Waals surface area contributed by atoms with Crippen LogP contribution in [0.15, 0.2) is 72.8 Å². The van der Waals surface area contributed by atoms with Gasteiger partial charge in [0.25, 0.3) is 5.91 Å². The average Bonchev–Trinajstić information content (AvgIpc) is 2.84. The lowest BCUT2D eigenvalue weighted by atomic mass is 9.87. The molecule has 1 heterocycles. The van der Waals surface area contributed by atoms with Crippen LogP contribution in [-0.4, -0.2) is 29.4 Å². The zero-order valence-electron chi connectivity index (χ0n) is 19.6. The lowest BCUT2D eigenvalue weighted by Gasteiger charge is -2.39. The zero-order valence-corrected chi connectivity index (χ0v) is 19.6. The van der Waals surface area contributed by atoms with Crippen LogP contribution < -0.4 is 10.1 Å². The molecule has 1 aliphatic heterocycles. The number of halogens is 1. The molecule has 3 aromatic rings. The molecule has 1 N–H and O–H groups in total. The Morgan fingerprint density at radius 1 is 1.00 bits per heavy atom. The van der Waals surface area contributed by atoms with Gasteiger partial charge >= 0.3 is 0 Å². The molecule has 0 aliphatic carbocycles. The van der Waals surface area contributed by atoms with Crippen molar-refractivity contribution in [3.63, 3.8) is 0 Å². The lowest BCUT2D eigenvalue weighted by Crippen LogP contribution is -2.42. The Bertz CT molecular complexity index is 1160. The van der Waals surface area contributed by atoms with E-state index in [-0.39, 0.29) is 29.6 Å². The average molecular weight is 461 g/mol. The SMILES string of the molecule is CC(C)C(=O)N1CCc2ccc(O[C@@H](C)C(=O)Nc3ccc(F)cc3)cc2[C@H]1c1ccccc1. The second-order valence-electron chi connectivity index (χ2n) is 8.87. The van der Waals surface area contributed by atoms with Crippen LogP contribution in [0.1, 0.15) is 43.5 Å². The zero-order chi connectivity index (χ0) is 24.2. The van der Waals surface area contributed by atoms with Gasteiger partial charge in [-0.05, 0) is 66.4 Å². The van der Waals surface area contributed by atoms with E-state index in [2.05, 4.69) is 5.32 Å². The van der Waals surface area contributed by atoms with Crippen molar-refractivity contribution in [1.29, 1.82) is 0 Å². The Morgan fingerprint density at radius 3 is 2.38 bits per heavy atom. The molecule has 0 radical (unpaired) electrons. The Morgan fingerprint density at radius 2 is 1.71 bits per heavy atom. The molecule has 0 fully saturated rings. The summed E-state index contributed by atoms with van der Waals surface area (Å²) in [5.74, 6) is -0.143. The summed E-state index contributed by atoms with van der Waals surface area (Å²) < 4.78 is 19.1. The van der Waals surface area contributed by atoms with E-state index in [1.807, 2.05) is 67.3 Å². The van der Waals surface area contributed by atoms with E-state index in [0.29, 0.717) is 18.0 Å². The number of fused-ring (bicyclic) bond motifs is 1. The van der Waals surface area contributed by atoms with Crippen LogP contribution in [0.3, 0.4) is 0 Å². The van der Waals surface area contributed by atoms with Gasteiger partial charge in [0, 0.05) is 18.2 Å². The highest BCUT2D eigenvalue weighted by Gasteiger charge is 2.33. The number of rotatable bonds is 6. The lowest BCUT2D eigenvalue weighted by molar-refractivity contribution is -0.136. The fourth-order valence-electron chi connectivity index (χ4n) is 4.27. The summed E-state index contributed by atoms with van der Waals surface area (Å²) >= 11 is 0. The normalized spacial score (nSPS) is 16.0. The minimum atomic E-state index is -0.768. The van der Waals surface area contributed by atoms with Crippen molar-refractivity contribution in [1.82, 2.24) is 4.90 Å². The molecule has 34 heavy (non-hydrogen) atoms. The van der Waals surface area contributed by atoms with Gasteiger partial charge in [0.2, 0.25) is 5.91 Å². The smallest absolute Gasteiger partial charge is 0.265 e. The molecule has 6 heteroatoms. The number of hydrogen-bond acceptors (Lipinski definition) is 3. The van der Waals surface area contributed by atoms with Gasteiger partial charge in [-0.2, -0.15) is 0 Å². The molecule has 176 valence electrons. The Balaban J connectivity index is 1.59. The molecule has 1 aliphatic rings. The molecule has 4 rings (SSSR count). The van der Waals surface area contributed by atoms with Crippen LogP contribution in [0.4, 0.5) is 10.1 Å². The van der Waals surface area contributed by atoms with E-state index in [4.69, 9.17) is 4.74 Å². The third kappa shape index (κ3) is 5.11. The first-order valence-electron chi connectivity index (χ1n) is 11.5. The maximum Gasteiger partial charge on any atom is 0.265 e. The van der Waals surface area contributed by atoms with Crippen molar-refractivity contribution >= 4 is 17.5 Å². The van der Waals surface area contributed by atoms with Crippen LogP contribution in [-0.2, 0) is 16.0 Å². The predicted octanol–water partition coefficient (Wildman–Crippen LogP) is 5.36. The molecule has 0 saturated carbocycles. The number of carbonyl (C=O) groups excluding carboxylic acids is 2. The number of nitrogens with one attached hydrogen (secondary N) is 1. The molecule has 5 nitrogen and oxygen atoms in total. The topological polar surface area (TPSA) is 58.6 Å². The van der Waals surface area contributed by atoms with Gasteiger partial charge in [-0.1, -0.05) is 50.2 Å². The minimum Gasteiger partial charge on any atom is -0.481 e. The van der Waals surface area contributed by atoms with Crippen molar-refractivity contribution in [2.45, 2.75) is 39.3 Å².